The summed E-state index contributed by atoms with van der Waals surface area (Å²) < 4.78 is 0. The Labute approximate surface area is 130 Å². The van der Waals surface area contributed by atoms with Gasteiger partial charge in [-0.2, -0.15) is 0 Å². The standard InChI is InChI=1S/C17H22N2O3/c1-12(18-10-8-14(11-18)17(21)22)16(20)19-9-4-6-13-5-2-3-7-15(13)19/h2-3,5,7,12,14H,4,6,8-11H2,1H3,(H,21,22). The van der Waals surface area contributed by atoms with E-state index in [1.165, 1.54) is 5.56 Å². The number of nitrogens with zero attached hydrogens (tertiary/aromatic N) is 2. The number of para-hydroxylation sites is 1. The van der Waals surface area contributed by atoms with Crippen molar-refractivity contribution in [3.63, 3.8) is 0 Å². The van der Waals surface area contributed by atoms with Gasteiger partial charge in [0.25, 0.3) is 0 Å². The molecule has 0 bridgehead atoms. The molecule has 5 heteroatoms. The second-order valence-corrected chi connectivity index (χ2v) is 6.22. The minimum atomic E-state index is -0.759. The highest BCUT2D eigenvalue weighted by Crippen LogP contribution is 2.28. The van der Waals surface area contributed by atoms with Crippen LogP contribution in [0.4, 0.5) is 5.69 Å². The molecule has 2 unspecified atom stereocenters. The zero-order valence-corrected chi connectivity index (χ0v) is 12.9. The van der Waals surface area contributed by atoms with Gasteiger partial charge in [-0.1, -0.05) is 18.2 Å². The summed E-state index contributed by atoms with van der Waals surface area (Å²) in [7, 11) is 0. The van der Waals surface area contributed by atoms with E-state index < -0.39 is 5.97 Å². The smallest absolute Gasteiger partial charge is 0.307 e. The van der Waals surface area contributed by atoms with Crippen LogP contribution in [0.5, 0.6) is 0 Å². The van der Waals surface area contributed by atoms with Crippen LogP contribution in [0.3, 0.4) is 0 Å². The van der Waals surface area contributed by atoms with Crippen molar-refractivity contribution < 1.29 is 14.7 Å². The summed E-state index contributed by atoms with van der Waals surface area (Å²) in [6, 6.07) is 7.79. The first kappa shape index (κ1) is 15.0. The van der Waals surface area contributed by atoms with Crippen LogP contribution in [0.15, 0.2) is 24.3 Å². The monoisotopic (exact) mass is 302 g/mol. The van der Waals surface area contributed by atoms with Crippen molar-refractivity contribution in [2.24, 2.45) is 5.92 Å². The maximum absolute atomic E-state index is 12.9. The van der Waals surface area contributed by atoms with Crippen LogP contribution in [-0.2, 0) is 16.0 Å². The van der Waals surface area contributed by atoms with Crippen molar-refractivity contribution in [2.45, 2.75) is 32.2 Å². The molecule has 2 atom stereocenters. The number of likely N-dealkylation sites (tertiary alicyclic amines) is 1. The van der Waals surface area contributed by atoms with Crippen LogP contribution in [0.1, 0.15) is 25.3 Å². The summed E-state index contributed by atoms with van der Waals surface area (Å²) in [5.41, 5.74) is 2.23. The van der Waals surface area contributed by atoms with Crippen LogP contribution < -0.4 is 4.90 Å². The molecule has 1 saturated heterocycles. The summed E-state index contributed by atoms with van der Waals surface area (Å²) in [6.45, 7) is 3.79. The number of fused-ring (bicyclic) bond motifs is 1. The van der Waals surface area contributed by atoms with Crippen molar-refractivity contribution in [1.29, 1.82) is 0 Å². The van der Waals surface area contributed by atoms with Gasteiger partial charge < -0.3 is 10.0 Å². The summed E-state index contributed by atoms with van der Waals surface area (Å²) in [5, 5.41) is 9.11. The summed E-state index contributed by atoms with van der Waals surface area (Å²) >= 11 is 0. The number of anilines is 1. The summed E-state index contributed by atoms with van der Waals surface area (Å²) in [6.07, 6.45) is 2.62. The zero-order chi connectivity index (χ0) is 15.7. The number of hydrogen-bond donors (Lipinski definition) is 1. The largest absolute Gasteiger partial charge is 0.481 e. The van der Waals surface area contributed by atoms with Crippen molar-refractivity contribution in [3.8, 4) is 0 Å². The van der Waals surface area contributed by atoms with E-state index in [0.29, 0.717) is 19.5 Å². The van der Waals surface area contributed by atoms with Gasteiger partial charge in [0.05, 0.1) is 12.0 Å². The molecule has 1 aromatic rings. The molecule has 0 spiro atoms. The lowest BCUT2D eigenvalue weighted by Gasteiger charge is -2.34. The Kier molecular flexibility index (Phi) is 4.16. The van der Waals surface area contributed by atoms with Gasteiger partial charge in [0.2, 0.25) is 5.91 Å². The van der Waals surface area contributed by atoms with Crippen LogP contribution in [0, 0.1) is 5.92 Å². The van der Waals surface area contributed by atoms with E-state index in [1.807, 2.05) is 34.9 Å². The summed E-state index contributed by atoms with van der Waals surface area (Å²) in [4.78, 5) is 27.8. The lowest BCUT2D eigenvalue weighted by atomic mass is 10.0. The van der Waals surface area contributed by atoms with Gasteiger partial charge in [0, 0.05) is 18.8 Å². The first-order valence-electron chi connectivity index (χ1n) is 7.94. The Morgan fingerprint density at radius 3 is 2.77 bits per heavy atom. The van der Waals surface area contributed by atoms with E-state index in [0.717, 1.165) is 25.1 Å². The molecule has 0 aliphatic carbocycles. The molecule has 2 aliphatic rings. The highest BCUT2D eigenvalue weighted by Gasteiger charge is 2.35. The maximum atomic E-state index is 12.9. The van der Waals surface area contributed by atoms with Crippen LogP contribution in [0.2, 0.25) is 0 Å². The molecule has 5 nitrogen and oxygen atoms in total. The normalized spacial score (nSPS) is 23.1. The van der Waals surface area contributed by atoms with Crippen molar-refractivity contribution in [1.82, 2.24) is 4.90 Å². The first-order chi connectivity index (χ1) is 10.6. The Morgan fingerprint density at radius 1 is 1.27 bits per heavy atom. The quantitative estimate of drug-likeness (QED) is 0.924. The minimum absolute atomic E-state index is 0.0817. The Balaban J connectivity index is 1.73. The predicted octanol–water partition coefficient (Wildman–Crippen LogP) is 1.76. The Bertz CT molecular complexity index is 587. The number of carbonyl (C=O) groups is 2. The second kappa shape index (κ2) is 6.08. The number of amides is 1. The van der Waals surface area contributed by atoms with Gasteiger partial charge in [-0.05, 0) is 44.4 Å². The Hall–Kier alpha value is -1.88. The average Bonchev–Trinajstić information content (AvgIpc) is 3.03. The number of carboxylic acid groups (broad SMARTS) is 1. The van der Waals surface area contributed by atoms with Gasteiger partial charge in [0.15, 0.2) is 0 Å². The molecular weight excluding hydrogens is 280 g/mol. The average molecular weight is 302 g/mol. The molecule has 1 amide bonds. The number of aliphatic carboxylic acids is 1. The van der Waals surface area contributed by atoms with E-state index in [4.69, 9.17) is 5.11 Å². The Morgan fingerprint density at radius 2 is 2.05 bits per heavy atom. The number of aryl methyl sites for hydroxylation is 1. The number of carboxylic acids is 1. The topological polar surface area (TPSA) is 60.9 Å². The number of benzene rings is 1. The van der Waals surface area contributed by atoms with E-state index in [2.05, 4.69) is 6.07 Å². The van der Waals surface area contributed by atoms with E-state index in [9.17, 15) is 9.59 Å². The van der Waals surface area contributed by atoms with E-state index in [-0.39, 0.29) is 17.9 Å². The molecule has 2 aliphatic heterocycles. The van der Waals surface area contributed by atoms with Crippen molar-refractivity contribution >= 4 is 17.6 Å². The minimum Gasteiger partial charge on any atom is -0.481 e. The van der Waals surface area contributed by atoms with Crippen molar-refractivity contribution in [3.05, 3.63) is 29.8 Å². The van der Waals surface area contributed by atoms with Crippen LogP contribution >= 0.6 is 0 Å². The molecule has 22 heavy (non-hydrogen) atoms. The number of carbonyl (C=O) groups excluding carboxylic acids is 1. The van der Waals surface area contributed by atoms with Gasteiger partial charge in [-0.3, -0.25) is 14.5 Å². The van der Waals surface area contributed by atoms with Gasteiger partial charge in [0.1, 0.15) is 0 Å². The van der Waals surface area contributed by atoms with Gasteiger partial charge >= 0.3 is 5.97 Å². The zero-order valence-electron chi connectivity index (χ0n) is 12.9. The second-order valence-electron chi connectivity index (χ2n) is 6.22. The maximum Gasteiger partial charge on any atom is 0.307 e. The molecule has 0 radical (unpaired) electrons. The molecule has 1 N–H and O–H groups in total. The van der Waals surface area contributed by atoms with Crippen LogP contribution in [-0.4, -0.2) is 47.6 Å². The fraction of sp³-hybridized carbons (Fsp3) is 0.529. The SMILES string of the molecule is CC(C(=O)N1CCCc2ccccc21)N1CCC(C(=O)O)C1. The molecular formula is C17H22N2O3. The van der Waals surface area contributed by atoms with Crippen molar-refractivity contribution in [2.75, 3.05) is 24.5 Å². The van der Waals surface area contributed by atoms with Crippen LogP contribution in [0.25, 0.3) is 0 Å². The molecule has 2 heterocycles. The third-order valence-electron chi connectivity index (χ3n) is 4.85. The fourth-order valence-corrected chi connectivity index (χ4v) is 3.48. The molecule has 3 rings (SSSR count). The lowest BCUT2D eigenvalue weighted by Crippen LogP contribution is -2.48. The third kappa shape index (κ3) is 2.73. The molecule has 0 saturated carbocycles. The molecule has 1 aromatic carbocycles. The lowest BCUT2D eigenvalue weighted by molar-refractivity contribution is -0.141. The number of hydrogen-bond acceptors (Lipinski definition) is 3. The first-order valence-corrected chi connectivity index (χ1v) is 7.94. The predicted molar refractivity (Wildman–Crippen MR) is 83.9 cm³/mol. The summed E-state index contributed by atoms with van der Waals surface area (Å²) in [5.74, 6) is -1.02. The third-order valence-corrected chi connectivity index (χ3v) is 4.85. The molecule has 0 aromatic heterocycles. The van der Waals surface area contributed by atoms with Gasteiger partial charge in [-0.25, -0.2) is 0 Å². The fourth-order valence-electron chi connectivity index (χ4n) is 3.48. The molecule has 118 valence electrons. The number of rotatable bonds is 3. The van der Waals surface area contributed by atoms with Gasteiger partial charge in [-0.15, -0.1) is 0 Å². The molecule has 1 fully saturated rings. The van der Waals surface area contributed by atoms with E-state index >= 15 is 0 Å². The van der Waals surface area contributed by atoms with E-state index in [1.54, 1.807) is 0 Å². The highest BCUT2D eigenvalue weighted by molar-refractivity contribution is 5.98. The highest BCUT2D eigenvalue weighted by atomic mass is 16.4.